The lowest BCUT2D eigenvalue weighted by molar-refractivity contribution is -0.0166. The van der Waals surface area contributed by atoms with Gasteiger partial charge < -0.3 is 19.7 Å². The van der Waals surface area contributed by atoms with Crippen molar-refractivity contribution in [3.05, 3.63) is 0 Å². The van der Waals surface area contributed by atoms with Crippen molar-refractivity contribution in [1.29, 1.82) is 0 Å². The van der Waals surface area contributed by atoms with Crippen molar-refractivity contribution in [2.45, 2.75) is 77.2 Å². The summed E-state index contributed by atoms with van der Waals surface area (Å²) in [6.07, 6.45) is 4.61. The van der Waals surface area contributed by atoms with E-state index >= 15 is 0 Å². The second kappa shape index (κ2) is 6.97. The molecule has 1 aliphatic carbocycles. The fraction of sp³-hybridized carbons (Fsp3) is 0.938. The van der Waals surface area contributed by atoms with Crippen LogP contribution in [-0.4, -0.2) is 54.5 Å². The summed E-state index contributed by atoms with van der Waals surface area (Å²) < 4.78 is 11.0. The quantitative estimate of drug-likeness (QED) is 0.866. The van der Waals surface area contributed by atoms with E-state index in [2.05, 4.69) is 5.32 Å². The number of carbonyl (C=O) groups is 1. The molecule has 1 atom stereocenters. The number of nitrogens with zero attached hydrogens (tertiary/aromatic N) is 1. The number of likely N-dealkylation sites (tertiary alicyclic amines) is 1. The molecular formula is C16H30N2O3. The van der Waals surface area contributed by atoms with Gasteiger partial charge in [-0.1, -0.05) is 0 Å². The van der Waals surface area contributed by atoms with Crippen LogP contribution in [0.4, 0.5) is 4.79 Å². The molecule has 21 heavy (non-hydrogen) atoms. The molecule has 2 aliphatic rings. The van der Waals surface area contributed by atoms with Crippen LogP contribution in [0.25, 0.3) is 0 Å². The molecule has 5 heteroatoms. The van der Waals surface area contributed by atoms with Crippen LogP contribution in [0.5, 0.6) is 0 Å². The summed E-state index contributed by atoms with van der Waals surface area (Å²) in [5.41, 5.74) is -0.420. The molecule has 122 valence electrons. The zero-order valence-corrected chi connectivity index (χ0v) is 13.9. The van der Waals surface area contributed by atoms with Crippen LogP contribution in [0.2, 0.25) is 0 Å². The third kappa shape index (κ3) is 5.15. The van der Waals surface area contributed by atoms with Gasteiger partial charge in [0.05, 0.1) is 6.10 Å². The zero-order chi connectivity index (χ0) is 15.5. The number of rotatable bonds is 4. The summed E-state index contributed by atoms with van der Waals surface area (Å²) in [6, 6.07) is 0.934. The summed E-state index contributed by atoms with van der Waals surface area (Å²) in [7, 11) is 0. The van der Waals surface area contributed by atoms with E-state index in [0.29, 0.717) is 18.2 Å². The smallest absolute Gasteiger partial charge is 0.410 e. The minimum atomic E-state index is -0.420. The standard InChI is InChI=1S/C16H30N2O3/c1-5-20-14-9-13(10-14)17-12-7-6-8-18(11-12)15(19)21-16(2,3)4/h12-14,17H,5-11H2,1-4H3. The van der Waals surface area contributed by atoms with Crippen molar-refractivity contribution in [1.82, 2.24) is 10.2 Å². The number of nitrogens with one attached hydrogen (secondary N) is 1. The molecule has 0 bridgehead atoms. The monoisotopic (exact) mass is 298 g/mol. The Kier molecular flexibility index (Phi) is 5.49. The van der Waals surface area contributed by atoms with Gasteiger partial charge in [-0.2, -0.15) is 0 Å². The van der Waals surface area contributed by atoms with E-state index in [1.54, 1.807) is 0 Å². The Morgan fingerprint density at radius 3 is 2.62 bits per heavy atom. The molecule has 1 heterocycles. The third-order valence-electron chi connectivity index (χ3n) is 4.04. The zero-order valence-electron chi connectivity index (χ0n) is 13.9. The molecule has 5 nitrogen and oxygen atoms in total. The number of hydrogen-bond acceptors (Lipinski definition) is 4. The highest BCUT2D eigenvalue weighted by molar-refractivity contribution is 5.68. The molecule has 1 unspecified atom stereocenters. The van der Waals surface area contributed by atoms with Crippen molar-refractivity contribution >= 4 is 6.09 Å². The summed E-state index contributed by atoms with van der Waals surface area (Å²) in [5, 5.41) is 3.66. The van der Waals surface area contributed by atoms with Crippen molar-refractivity contribution in [3.8, 4) is 0 Å². The van der Waals surface area contributed by atoms with Crippen LogP contribution in [0.3, 0.4) is 0 Å². The predicted molar refractivity (Wildman–Crippen MR) is 82.4 cm³/mol. The Balaban J connectivity index is 1.73. The number of piperidine rings is 1. The third-order valence-corrected chi connectivity index (χ3v) is 4.04. The van der Waals surface area contributed by atoms with Gasteiger partial charge in [0, 0.05) is 31.8 Å². The minimum Gasteiger partial charge on any atom is -0.444 e. The van der Waals surface area contributed by atoms with Crippen LogP contribution in [0, 0.1) is 0 Å². The largest absolute Gasteiger partial charge is 0.444 e. The van der Waals surface area contributed by atoms with Gasteiger partial charge in [0.1, 0.15) is 5.60 Å². The minimum absolute atomic E-state index is 0.185. The lowest BCUT2D eigenvalue weighted by atomic mass is 9.88. The van der Waals surface area contributed by atoms with E-state index < -0.39 is 5.60 Å². The second-order valence-electron chi connectivity index (χ2n) is 7.18. The van der Waals surface area contributed by atoms with E-state index in [-0.39, 0.29) is 6.09 Å². The number of hydrogen-bond donors (Lipinski definition) is 1. The van der Waals surface area contributed by atoms with Gasteiger partial charge in [-0.15, -0.1) is 0 Å². The molecule has 0 spiro atoms. The molecule has 0 aromatic heterocycles. The van der Waals surface area contributed by atoms with E-state index in [0.717, 1.165) is 45.4 Å². The molecule has 0 aromatic carbocycles. The highest BCUT2D eigenvalue weighted by Crippen LogP contribution is 2.25. The maximum absolute atomic E-state index is 12.1. The first-order chi connectivity index (χ1) is 9.87. The Morgan fingerprint density at radius 2 is 2.00 bits per heavy atom. The number of ether oxygens (including phenoxy) is 2. The number of amides is 1. The fourth-order valence-electron chi connectivity index (χ4n) is 3.01. The first-order valence-electron chi connectivity index (χ1n) is 8.23. The van der Waals surface area contributed by atoms with Crippen molar-refractivity contribution in [2.75, 3.05) is 19.7 Å². The maximum Gasteiger partial charge on any atom is 0.410 e. The maximum atomic E-state index is 12.1. The normalized spacial score (nSPS) is 29.9. The first kappa shape index (κ1) is 16.6. The highest BCUT2D eigenvalue weighted by Gasteiger charge is 2.33. The van der Waals surface area contributed by atoms with Crippen LogP contribution < -0.4 is 5.32 Å². The summed E-state index contributed by atoms with van der Waals surface area (Å²) in [6.45, 7) is 10.1. The van der Waals surface area contributed by atoms with Gasteiger partial charge >= 0.3 is 6.09 Å². The SMILES string of the molecule is CCOC1CC(NC2CCCN(C(=O)OC(C)(C)C)C2)C1. The predicted octanol–water partition coefficient (Wildman–Crippen LogP) is 2.54. The summed E-state index contributed by atoms with van der Waals surface area (Å²) in [4.78, 5) is 14.0. The number of carbonyl (C=O) groups excluding carboxylic acids is 1. The first-order valence-corrected chi connectivity index (χ1v) is 8.23. The molecule has 1 saturated carbocycles. The van der Waals surface area contributed by atoms with E-state index in [1.807, 2.05) is 32.6 Å². The van der Waals surface area contributed by atoms with Gasteiger partial charge in [0.15, 0.2) is 0 Å². The molecule has 2 fully saturated rings. The van der Waals surface area contributed by atoms with Crippen molar-refractivity contribution in [2.24, 2.45) is 0 Å². The Bertz CT molecular complexity index is 348. The molecule has 1 saturated heterocycles. The van der Waals surface area contributed by atoms with Crippen LogP contribution >= 0.6 is 0 Å². The Morgan fingerprint density at radius 1 is 1.29 bits per heavy atom. The molecular weight excluding hydrogens is 268 g/mol. The van der Waals surface area contributed by atoms with Gasteiger partial charge in [-0.25, -0.2) is 4.79 Å². The summed E-state index contributed by atoms with van der Waals surface area (Å²) in [5.74, 6) is 0. The molecule has 2 rings (SSSR count). The Labute approximate surface area is 128 Å². The van der Waals surface area contributed by atoms with Crippen LogP contribution in [-0.2, 0) is 9.47 Å². The van der Waals surface area contributed by atoms with Gasteiger partial charge in [-0.05, 0) is 53.4 Å². The molecule has 0 radical (unpaired) electrons. The van der Waals surface area contributed by atoms with Gasteiger partial charge in [-0.3, -0.25) is 0 Å². The lowest BCUT2D eigenvalue weighted by Gasteiger charge is -2.41. The average Bonchev–Trinajstić information content (AvgIpc) is 2.35. The second-order valence-corrected chi connectivity index (χ2v) is 7.18. The lowest BCUT2D eigenvalue weighted by Crippen LogP contribution is -2.55. The highest BCUT2D eigenvalue weighted by atomic mass is 16.6. The van der Waals surface area contributed by atoms with Crippen molar-refractivity contribution in [3.63, 3.8) is 0 Å². The topological polar surface area (TPSA) is 50.8 Å². The fourth-order valence-corrected chi connectivity index (χ4v) is 3.01. The molecule has 1 amide bonds. The van der Waals surface area contributed by atoms with E-state index in [4.69, 9.17) is 9.47 Å². The van der Waals surface area contributed by atoms with Crippen LogP contribution in [0.1, 0.15) is 53.4 Å². The van der Waals surface area contributed by atoms with Crippen LogP contribution in [0.15, 0.2) is 0 Å². The molecule has 1 aliphatic heterocycles. The Hall–Kier alpha value is -0.810. The average molecular weight is 298 g/mol. The molecule has 1 N–H and O–H groups in total. The molecule has 0 aromatic rings. The van der Waals surface area contributed by atoms with Gasteiger partial charge in [0.25, 0.3) is 0 Å². The van der Waals surface area contributed by atoms with E-state index in [1.165, 1.54) is 0 Å². The van der Waals surface area contributed by atoms with Crippen molar-refractivity contribution < 1.29 is 14.3 Å². The van der Waals surface area contributed by atoms with E-state index in [9.17, 15) is 4.79 Å². The van der Waals surface area contributed by atoms with Gasteiger partial charge in [0.2, 0.25) is 0 Å². The summed E-state index contributed by atoms with van der Waals surface area (Å²) >= 11 is 0.